The van der Waals surface area contributed by atoms with E-state index < -0.39 is 0 Å². The topological polar surface area (TPSA) is 65.8 Å². The smallest absolute Gasteiger partial charge is 0.241 e. The van der Waals surface area contributed by atoms with Gasteiger partial charge in [-0.05, 0) is 43.7 Å². The van der Waals surface area contributed by atoms with Crippen LogP contribution in [0.3, 0.4) is 0 Å². The average Bonchev–Trinajstić information content (AvgIpc) is 3.36. The lowest BCUT2D eigenvalue weighted by molar-refractivity contribution is -0.127. The summed E-state index contributed by atoms with van der Waals surface area (Å²) in [6, 6.07) is 12.9. The first-order valence-electron chi connectivity index (χ1n) is 9.19. The summed E-state index contributed by atoms with van der Waals surface area (Å²) in [5, 5.41) is 2.90. The number of nitrogens with zero attached hydrogens (tertiary/aromatic N) is 2. The summed E-state index contributed by atoms with van der Waals surface area (Å²) in [7, 11) is 0. The molecule has 2 aromatic rings. The summed E-state index contributed by atoms with van der Waals surface area (Å²) < 4.78 is 5.25. The third kappa shape index (κ3) is 4.86. The maximum atomic E-state index is 12.9. The van der Waals surface area contributed by atoms with Crippen molar-refractivity contribution in [3.8, 4) is 0 Å². The number of carbonyl (C=O) groups is 2. The summed E-state index contributed by atoms with van der Waals surface area (Å²) in [5.41, 5.74) is 0.834. The Hall–Kier alpha value is -2.86. The third-order valence-corrected chi connectivity index (χ3v) is 4.70. The zero-order chi connectivity index (χ0) is 19.1. The second-order valence-electron chi connectivity index (χ2n) is 6.55. The van der Waals surface area contributed by atoms with Gasteiger partial charge in [0, 0.05) is 12.2 Å². The molecule has 0 aliphatic carbocycles. The van der Waals surface area contributed by atoms with Gasteiger partial charge in [-0.3, -0.25) is 14.5 Å². The lowest BCUT2D eigenvalue weighted by Gasteiger charge is -2.27. The van der Waals surface area contributed by atoms with Crippen molar-refractivity contribution in [3.63, 3.8) is 0 Å². The van der Waals surface area contributed by atoms with E-state index in [0.29, 0.717) is 18.8 Å². The molecular formula is C21H25N3O3. The normalized spacial score (nSPS) is 16.8. The Labute approximate surface area is 159 Å². The summed E-state index contributed by atoms with van der Waals surface area (Å²) in [4.78, 5) is 29.1. The minimum Gasteiger partial charge on any atom is -0.467 e. The molecule has 1 aliphatic heterocycles. The van der Waals surface area contributed by atoms with Crippen molar-refractivity contribution in [3.05, 3.63) is 67.1 Å². The lowest BCUT2D eigenvalue weighted by Crippen LogP contribution is -2.48. The van der Waals surface area contributed by atoms with Crippen LogP contribution in [0, 0.1) is 0 Å². The van der Waals surface area contributed by atoms with Crippen molar-refractivity contribution in [2.75, 3.05) is 24.5 Å². The van der Waals surface area contributed by atoms with Crippen LogP contribution in [0.1, 0.15) is 18.6 Å². The van der Waals surface area contributed by atoms with E-state index in [2.05, 4.69) is 11.9 Å². The molecule has 6 nitrogen and oxygen atoms in total. The number of carbonyl (C=O) groups excluding carboxylic acids is 2. The first-order valence-corrected chi connectivity index (χ1v) is 9.19. The van der Waals surface area contributed by atoms with E-state index in [9.17, 15) is 9.59 Å². The minimum absolute atomic E-state index is 0.0353. The van der Waals surface area contributed by atoms with Crippen LogP contribution in [-0.4, -0.2) is 42.4 Å². The van der Waals surface area contributed by atoms with Crippen molar-refractivity contribution < 1.29 is 14.0 Å². The van der Waals surface area contributed by atoms with E-state index in [1.807, 2.05) is 41.3 Å². The van der Waals surface area contributed by atoms with Crippen molar-refractivity contribution in [2.45, 2.75) is 25.4 Å². The Morgan fingerprint density at radius 3 is 2.78 bits per heavy atom. The van der Waals surface area contributed by atoms with Gasteiger partial charge in [0.15, 0.2) is 0 Å². The van der Waals surface area contributed by atoms with Gasteiger partial charge in [0.1, 0.15) is 5.76 Å². The van der Waals surface area contributed by atoms with Gasteiger partial charge in [0.2, 0.25) is 11.8 Å². The van der Waals surface area contributed by atoms with Crippen molar-refractivity contribution >= 4 is 17.5 Å². The Morgan fingerprint density at radius 1 is 1.26 bits per heavy atom. The fourth-order valence-corrected chi connectivity index (χ4v) is 3.36. The number of anilines is 1. The minimum atomic E-state index is -0.287. The Kier molecular flexibility index (Phi) is 6.44. The predicted molar refractivity (Wildman–Crippen MR) is 104 cm³/mol. The monoisotopic (exact) mass is 367 g/mol. The number of benzene rings is 1. The lowest BCUT2D eigenvalue weighted by atomic mass is 10.2. The zero-order valence-corrected chi connectivity index (χ0v) is 15.3. The number of rotatable bonds is 8. The molecule has 0 saturated carbocycles. The second kappa shape index (κ2) is 9.19. The van der Waals surface area contributed by atoms with E-state index in [0.717, 1.165) is 25.1 Å². The van der Waals surface area contributed by atoms with Gasteiger partial charge >= 0.3 is 0 Å². The molecule has 142 valence electrons. The molecule has 1 saturated heterocycles. The predicted octanol–water partition coefficient (Wildman–Crippen LogP) is 2.58. The molecule has 1 aliphatic rings. The highest BCUT2D eigenvalue weighted by atomic mass is 16.3. The van der Waals surface area contributed by atoms with Crippen molar-refractivity contribution in [1.29, 1.82) is 0 Å². The Bertz CT molecular complexity index is 758. The largest absolute Gasteiger partial charge is 0.467 e. The number of hydrogen-bond acceptors (Lipinski definition) is 4. The van der Waals surface area contributed by atoms with E-state index >= 15 is 0 Å². The van der Waals surface area contributed by atoms with Gasteiger partial charge in [-0.15, -0.1) is 6.58 Å². The van der Waals surface area contributed by atoms with Gasteiger partial charge in [-0.2, -0.15) is 0 Å². The molecule has 2 heterocycles. The van der Waals surface area contributed by atoms with Crippen molar-refractivity contribution in [1.82, 2.24) is 10.2 Å². The highest BCUT2D eigenvalue weighted by Gasteiger charge is 2.32. The first-order chi connectivity index (χ1) is 13.2. The molecule has 1 N–H and O–H groups in total. The van der Waals surface area contributed by atoms with Crippen LogP contribution in [0.25, 0.3) is 0 Å². The Morgan fingerprint density at radius 2 is 2.07 bits per heavy atom. The number of furan rings is 1. The van der Waals surface area contributed by atoms with Gasteiger partial charge in [0.25, 0.3) is 0 Å². The maximum Gasteiger partial charge on any atom is 0.241 e. The standard InChI is InChI=1S/C21H25N3O3/c1-2-12-24(17-8-4-3-5-9-17)20(25)16-23-13-6-11-19(23)21(26)22-15-18-10-7-14-27-18/h2-5,7-10,14,19H,1,6,11-13,15-16H2,(H,22,26). The van der Waals surface area contributed by atoms with Gasteiger partial charge in [-0.25, -0.2) is 0 Å². The highest BCUT2D eigenvalue weighted by molar-refractivity contribution is 5.95. The third-order valence-electron chi connectivity index (χ3n) is 4.70. The van der Waals surface area contributed by atoms with Crippen LogP contribution in [0.4, 0.5) is 5.69 Å². The van der Waals surface area contributed by atoms with E-state index in [1.165, 1.54) is 0 Å². The highest BCUT2D eigenvalue weighted by Crippen LogP contribution is 2.19. The van der Waals surface area contributed by atoms with Crippen LogP contribution >= 0.6 is 0 Å². The SMILES string of the molecule is C=CCN(C(=O)CN1CCCC1C(=O)NCc1ccco1)c1ccccc1. The van der Waals surface area contributed by atoms with Gasteiger partial charge in [0.05, 0.1) is 25.4 Å². The number of likely N-dealkylation sites (tertiary alicyclic amines) is 1. The molecule has 1 atom stereocenters. The number of amides is 2. The molecule has 27 heavy (non-hydrogen) atoms. The van der Waals surface area contributed by atoms with Crippen LogP contribution in [0.15, 0.2) is 65.8 Å². The summed E-state index contributed by atoms with van der Waals surface area (Å²) >= 11 is 0. The molecule has 1 fully saturated rings. The fourth-order valence-electron chi connectivity index (χ4n) is 3.36. The van der Waals surface area contributed by atoms with E-state index in [-0.39, 0.29) is 24.4 Å². The molecule has 0 radical (unpaired) electrons. The molecular weight excluding hydrogens is 342 g/mol. The second-order valence-corrected chi connectivity index (χ2v) is 6.55. The molecule has 1 aromatic heterocycles. The first kappa shape index (κ1) is 18.9. The molecule has 1 unspecified atom stereocenters. The fraction of sp³-hybridized carbons (Fsp3) is 0.333. The summed E-state index contributed by atoms with van der Waals surface area (Å²) in [5.74, 6) is 0.615. The average molecular weight is 367 g/mol. The molecule has 1 aromatic carbocycles. The molecule has 2 amide bonds. The molecule has 6 heteroatoms. The molecule has 0 spiro atoms. The summed E-state index contributed by atoms with van der Waals surface area (Å²) in [6.45, 7) is 5.49. The Balaban J connectivity index is 1.61. The number of hydrogen-bond donors (Lipinski definition) is 1. The summed E-state index contributed by atoms with van der Waals surface area (Å²) in [6.07, 6.45) is 4.95. The molecule has 0 bridgehead atoms. The van der Waals surface area contributed by atoms with E-state index in [4.69, 9.17) is 4.42 Å². The van der Waals surface area contributed by atoms with E-state index in [1.54, 1.807) is 23.3 Å². The van der Waals surface area contributed by atoms with Crippen LogP contribution < -0.4 is 10.2 Å². The van der Waals surface area contributed by atoms with Gasteiger partial charge < -0.3 is 14.6 Å². The van der Waals surface area contributed by atoms with Crippen LogP contribution in [0.2, 0.25) is 0 Å². The van der Waals surface area contributed by atoms with Crippen molar-refractivity contribution in [2.24, 2.45) is 0 Å². The number of nitrogens with one attached hydrogen (secondary N) is 1. The number of para-hydroxylation sites is 1. The maximum absolute atomic E-state index is 12.9. The quantitative estimate of drug-likeness (QED) is 0.729. The van der Waals surface area contributed by atoms with Gasteiger partial charge in [-0.1, -0.05) is 24.3 Å². The van der Waals surface area contributed by atoms with Crippen LogP contribution in [-0.2, 0) is 16.1 Å². The zero-order valence-electron chi connectivity index (χ0n) is 15.3. The van der Waals surface area contributed by atoms with Crippen LogP contribution in [0.5, 0.6) is 0 Å². The molecule has 3 rings (SSSR count).